The molecule has 0 aliphatic rings. The lowest BCUT2D eigenvalue weighted by Gasteiger charge is -2.08. The minimum atomic E-state index is -0.542. The SMILES string of the molecule is CC(C)C(O)CO. The Hall–Kier alpha value is -0.0800. The average molecular weight is 104 g/mol. The Morgan fingerprint density at radius 1 is 1.43 bits per heavy atom. The summed E-state index contributed by atoms with van der Waals surface area (Å²) in [4.78, 5) is 0. The Morgan fingerprint density at radius 2 is 1.86 bits per heavy atom. The first-order valence-corrected chi connectivity index (χ1v) is 2.47. The summed E-state index contributed by atoms with van der Waals surface area (Å²) < 4.78 is 0. The highest BCUT2D eigenvalue weighted by Crippen LogP contribution is 1.97. The number of aliphatic hydroxyl groups is 2. The van der Waals surface area contributed by atoms with E-state index in [-0.39, 0.29) is 12.5 Å². The highest BCUT2D eigenvalue weighted by Gasteiger charge is 2.04. The van der Waals surface area contributed by atoms with Gasteiger partial charge in [-0.1, -0.05) is 13.8 Å². The Balaban J connectivity index is 3.14. The molecule has 1 unspecified atom stereocenters. The van der Waals surface area contributed by atoms with Gasteiger partial charge in [-0.3, -0.25) is 0 Å². The lowest BCUT2D eigenvalue weighted by Crippen LogP contribution is -2.18. The summed E-state index contributed by atoms with van der Waals surface area (Å²) in [5.74, 6) is 0.171. The molecule has 2 heteroatoms. The summed E-state index contributed by atoms with van der Waals surface area (Å²) in [7, 11) is 0. The fourth-order valence-electron chi connectivity index (χ4n) is 0.211. The molecule has 0 fully saturated rings. The molecule has 2 N–H and O–H groups in total. The van der Waals surface area contributed by atoms with Gasteiger partial charge in [0.1, 0.15) is 0 Å². The number of rotatable bonds is 2. The molecule has 0 aliphatic carbocycles. The zero-order valence-corrected chi connectivity index (χ0v) is 4.76. The monoisotopic (exact) mass is 104 g/mol. The summed E-state index contributed by atoms with van der Waals surface area (Å²) in [5, 5.41) is 16.9. The van der Waals surface area contributed by atoms with Crippen molar-refractivity contribution < 1.29 is 10.2 Å². The first-order chi connectivity index (χ1) is 3.18. The molecular weight excluding hydrogens is 92.1 g/mol. The van der Waals surface area contributed by atoms with Crippen LogP contribution in [0.1, 0.15) is 13.8 Å². The van der Waals surface area contributed by atoms with Crippen molar-refractivity contribution in [3.8, 4) is 0 Å². The summed E-state index contributed by atoms with van der Waals surface area (Å²) in [6, 6.07) is 0. The van der Waals surface area contributed by atoms with Crippen LogP contribution < -0.4 is 0 Å². The third kappa shape index (κ3) is 2.60. The molecular formula is C5H12O2. The maximum absolute atomic E-state index is 8.69. The second-order valence-corrected chi connectivity index (χ2v) is 1.99. The topological polar surface area (TPSA) is 40.5 Å². The van der Waals surface area contributed by atoms with Crippen molar-refractivity contribution in [3.63, 3.8) is 0 Å². The Labute approximate surface area is 43.8 Å². The van der Waals surface area contributed by atoms with Crippen LogP contribution in [0, 0.1) is 5.92 Å². The van der Waals surface area contributed by atoms with Gasteiger partial charge in [-0.25, -0.2) is 0 Å². The fourth-order valence-corrected chi connectivity index (χ4v) is 0.211. The zero-order chi connectivity index (χ0) is 5.86. The van der Waals surface area contributed by atoms with Gasteiger partial charge < -0.3 is 10.2 Å². The molecule has 0 heterocycles. The summed E-state index contributed by atoms with van der Waals surface area (Å²) >= 11 is 0. The fraction of sp³-hybridized carbons (Fsp3) is 1.00. The molecule has 0 radical (unpaired) electrons. The predicted molar refractivity (Wildman–Crippen MR) is 27.9 cm³/mol. The smallest absolute Gasteiger partial charge is 0.0793 e. The van der Waals surface area contributed by atoms with Crippen molar-refractivity contribution in [2.45, 2.75) is 20.0 Å². The van der Waals surface area contributed by atoms with Gasteiger partial charge in [0.05, 0.1) is 12.7 Å². The van der Waals surface area contributed by atoms with Crippen LogP contribution in [0.3, 0.4) is 0 Å². The van der Waals surface area contributed by atoms with E-state index in [0.717, 1.165) is 0 Å². The highest BCUT2D eigenvalue weighted by atomic mass is 16.3. The molecule has 1 atom stereocenters. The van der Waals surface area contributed by atoms with Crippen LogP contribution in [0.15, 0.2) is 0 Å². The molecule has 0 aromatic heterocycles. The quantitative estimate of drug-likeness (QED) is 0.517. The molecule has 2 nitrogen and oxygen atoms in total. The molecule has 0 rings (SSSR count). The van der Waals surface area contributed by atoms with E-state index in [0.29, 0.717) is 0 Å². The molecule has 44 valence electrons. The number of aliphatic hydroxyl groups excluding tert-OH is 2. The van der Waals surface area contributed by atoms with E-state index in [1.807, 2.05) is 13.8 Å². The molecule has 0 aliphatic heterocycles. The molecule has 0 saturated carbocycles. The van der Waals surface area contributed by atoms with E-state index in [1.165, 1.54) is 0 Å². The van der Waals surface area contributed by atoms with Gasteiger partial charge in [-0.05, 0) is 5.92 Å². The molecule has 0 amide bonds. The van der Waals surface area contributed by atoms with Crippen molar-refractivity contribution in [2.75, 3.05) is 6.61 Å². The largest absolute Gasteiger partial charge is 0.394 e. The van der Waals surface area contributed by atoms with Crippen LogP contribution in [-0.2, 0) is 0 Å². The second kappa shape index (κ2) is 2.99. The van der Waals surface area contributed by atoms with E-state index >= 15 is 0 Å². The van der Waals surface area contributed by atoms with Crippen molar-refractivity contribution in [3.05, 3.63) is 0 Å². The molecule has 7 heavy (non-hydrogen) atoms. The van der Waals surface area contributed by atoms with E-state index in [1.54, 1.807) is 0 Å². The van der Waals surface area contributed by atoms with E-state index < -0.39 is 6.10 Å². The summed E-state index contributed by atoms with van der Waals surface area (Å²) in [5.41, 5.74) is 0. The van der Waals surface area contributed by atoms with Crippen molar-refractivity contribution >= 4 is 0 Å². The predicted octanol–water partition coefficient (Wildman–Crippen LogP) is -0.00440. The van der Waals surface area contributed by atoms with Gasteiger partial charge in [0, 0.05) is 0 Å². The van der Waals surface area contributed by atoms with Crippen molar-refractivity contribution in [1.29, 1.82) is 0 Å². The van der Waals surface area contributed by atoms with Crippen LogP contribution in [-0.4, -0.2) is 22.9 Å². The van der Waals surface area contributed by atoms with Crippen LogP contribution in [0.2, 0.25) is 0 Å². The van der Waals surface area contributed by atoms with E-state index in [2.05, 4.69) is 0 Å². The minimum Gasteiger partial charge on any atom is -0.394 e. The minimum absolute atomic E-state index is 0.127. The maximum atomic E-state index is 8.69. The zero-order valence-electron chi connectivity index (χ0n) is 4.76. The summed E-state index contributed by atoms with van der Waals surface area (Å²) in [6.45, 7) is 3.60. The lowest BCUT2D eigenvalue weighted by atomic mass is 10.1. The lowest BCUT2D eigenvalue weighted by molar-refractivity contribution is 0.0597. The van der Waals surface area contributed by atoms with Crippen molar-refractivity contribution in [1.82, 2.24) is 0 Å². The standard InChI is InChI=1S/C5H12O2/c1-4(2)5(7)3-6/h4-7H,3H2,1-2H3. The first-order valence-electron chi connectivity index (χ1n) is 2.47. The van der Waals surface area contributed by atoms with E-state index in [4.69, 9.17) is 10.2 Å². The van der Waals surface area contributed by atoms with Gasteiger partial charge >= 0.3 is 0 Å². The second-order valence-electron chi connectivity index (χ2n) is 1.99. The molecule has 0 bridgehead atoms. The van der Waals surface area contributed by atoms with Gasteiger partial charge in [0.2, 0.25) is 0 Å². The Morgan fingerprint density at radius 3 is 1.86 bits per heavy atom. The highest BCUT2D eigenvalue weighted by molar-refractivity contribution is 4.55. The van der Waals surface area contributed by atoms with Gasteiger partial charge in [0.15, 0.2) is 0 Å². The van der Waals surface area contributed by atoms with Crippen LogP contribution in [0.25, 0.3) is 0 Å². The van der Waals surface area contributed by atoms with Gasteiger partial charge in [-0.15, -0.1) is 0 Å². The van der Waals surface area contributed by atoms with Crippen LogP contribution in [0.4, 0.5) is 0 Å². The Bertz CT molecular complexity index is 43.3. The molecule has 0 saturated heterocycles. The Kier molecular flexibility index (Phi) is 2.96. The molecule has 0 aromatic rings. The average Bonchev–Trinajstić information content (AvgIpc) is 1.65. The maximum Gasteiger partial charge on any atom is 0.0793 e. The normalized spacial score (nSPS) is 15.0. The third-order valence-electron chi connectivity index (χ3n) is 0.957. The number of hydrogen-bond donors (Lipinski definition) is 2. The van der Waals surface area contributed by atoms with E-state index in [9.17, 15) is 0 Å². The number of hydrogen-bond acceptors (Lipinski definition) is 2. The molecule has 0 aromatic carbocycles. The van der Waals surface area contributed by atoms with Gasteiger partial charge in [0.25, 0.3) is 0 Å². The third-order valence-corrected chi connectivity index (χ3v) is 0.957. The van der Waals surface area contributed by atoms with Crippen LogP contribution >= 0.6 is 0 Å². The van der Waals surface area contributed by atoms with Gasteiger partial charge in [-0.2, -0.15) is 0 Å². The first kappa shape index (κ1) is 6.92. The molecule has 0 spiro atoms. The van der Waals surface area contributed by atoms with Crippen molar-refractivity contribution in [2.24, 2.45) is 5.92 Å². The van der Waals surface area contributed by atoms with Crippen LogP contribution in [0.5, 0.6) is 0 Å². The summed E-state index contributed by atoms with van der Waals surface area (Å²) in [6.07, 6.45) is -0.542.